The molecule has 1 atom stereocenters. The highest BCUT2D eigenvalue weighted by molar-refractivity contribution is 6.27. The molecule has 3 saturated heterocycles. The van der Waals surface area contributed by atoms with Crippen LogP contribution in [0.2, 0.25) is 0 Å². The molecule has 7 heteroatoms. The SMILES string of the molecule is Cc1cncc(C2CN3CCC2CC3)n1.O=C(O)C(=O)O. The Balaban J connectivity index is 0.000000232. The summed E-state index contributed by atoms with van der Waals surface area (Å²) in [6.45, 7) is 5.81. The first-order valence-corrected chi connectivity index (χ1v) is 6.94. The predicted octanol–water partition coefficient (Wildman–Crippen LogP) is 0.750. The van der Waals surface area contributed by atoms with E-state index in [0.29, 0.717) is 5.92 Å². The maximum absolute atomic E-state index is 9.10. The normalized spacial score (nSPS) is 26.6. The smallest absolute Gasteiger partial charge is 0.414 e. The fourth-order valence-electron chi connectivity index (χ4n) is 2.96. The number of hydrogen-bond donors (Lipinski definition) is 2. The van der Waals surface area contributed by atoms with Crippen molar-refractivity contribution in [3.05, 3.63) is 23.8 Å². The molecule has 1 aromatic heterocycles. The van der Waals surface area contributed by atoms with Gasteiger partial charge in [-0.05, 0) is 38.8 Å². The van der Waals surface area contributed by atoms with Crippen molar-refractivity contribution in [3.8, 4) is 0 Å². The van der Waals surface area contributed by atoms with Crippen LogP contribution >= 0.6 is 0 Å². The lowest BCUT2D eigenvalue weighted by Gasteiger charge is -2.44. The Hall–Kier alpha value is -2.02. The number of aromatic nitrogens is 2. The summed E-state index contributed by atoms with van der Waals surface area (Å²) in [4.78, 5) is 29.7. The molecule has 3 fully saturated rings. The summed E-state index contributed by atoms with van der Waals surface area (Å²) in [6, 6.07) is 0. The first-order chi connectivity index (χ1) is 9.97. The number of hydrogen-bond acceptors (Lipinski definition) is 5. The molecule has 0 spiro atoms. The molecule has 0 aromatic carbocycles. The van der Waals surface area contributed by atoms with Gasteiger partial charge in [0.05, 0.1) is 11.4 Å². The fraction of sp³-hybridized carbons (Fsp3) is 0.571. The van der Waals surface area contributed by atoms with Crippen LogP contribution in [0.4, 0.5) is 0 Å². The van der Waals surface area contributed by atoms with Crippen LogP contribution in [0.25, 0.3) is 0 Å². The second kappa shape index (κ2) is 6.62. The van der Waals surface area contributed by atoms with Gasteiger partial charge >= 0.3 is 11.9 Å². The molecule has 114 valence electrons. The number of carboxylic acid groups (broad SMARTS) is 2. The quantitative estimate of drug-likeness (QED) is 0.736. The number of piperidine rings is 3. The minimum Gasteiger partial charge on any atom is -0.473 e. The zero-order chi connectivity index (χ0) is 15.4. The Bertz CT molecular complexity index is 515. The van der Waals surface area contributed by atoms with Crippen LogP contribution < -0.4 is 0 Å². The van der Waals surface area contributed by atoms with Crippen molar-refractivity contribution in [3.63, 3.8) is 0 Å². The van der Waals surface area contributed by atoms with Crippen LogP contribution in [0.3, 0.4) is 0 Å². The molecule has 1 aromatic rings. The van der Waals surface area contributed by atoms with E-state index in [1.54, 1.807) is 0 Å². The van der Waals surface area contributed by atoms with E-state index in [9.17, 15) is 0 Å². The molecular formula is C14H19N3O4. The van der Waals surface area contributed by atoms with Crippen molar-refractivity contribution in [1.29, 1.82) is 0 Å². The van der Waals surface area contributed by atoms with Gasteiger partial charge in [0.1, 0.15) is 0 Å². The third kappa shape index (κ3) is 3.98. The Kier molecular flexibility index (Phi) is 4.85. The first kappa shape index (κ1) is 15.4. The highest BCUT2D eigenvalue weighted by atomic mass is 16.4. The maximum atomic E-state index is 9.10. The van der Waals surface area contributed by atoms with Gasteiger partial charge in [0.15, 0.2) is 0 Å². The van der Waals surface area contributed by atoms with E-state index in [-0.39, 0.29) is 0 Å². The van der Waals surface area contributed by atoms with Crippen molar-refractivity contribution in [1.82, 2.24) is 14.9 Å². The zero-order valence-electron chi connectivity index (χ0n) is 11.9. The van der Waals surface area contributed by atoms with Crippen molar-refractivity contribution >= 4 is 11.9 Å². The lowest BCUT2D eigenvalue weighted by Crippen LogP contribution is -2.46. The molecule has 3 aliphatic heterocycles. The molecule has 3 aliphatic rings. The minimum absolute atomic E-state index is 0.639. The largest absolute Gasteiger partial charge is 0.473 e. The average Bonchev–Trinajstić information content (AvgIpc) is 2.49. The molecule has 4 heterocycles. The number of carbonyl (C=O) groups is 2. The molecule has 2 N–H and O–H groups in total. The Morgan fingerprint density at radius 2 is 1.81 bits per heavy atom. The molecule has 4 rings (SSSR count). The molecule has 2 bridgehead atoms. The van der Waals surface area contributed by atoms with Crippen LogP contribution in [0.15, 0.2) is 12.4 Å². The number of aliphatic carboxylic acids is 2. The predicted molar refractivity (Wildman–Crippen MR) is 73.9 cm³/mol. The number of nitrogens with zero attached hydrogens (tertiary/aromatic N) is 3. The highest BCUT2D eigenvalue weighted by Gasteiger charge is 2.35. The van der Waals surface area contributed by atoms with E-state index in [1.165, 1.54) is 38.2 Å². The standard InChI is InChI=1S/C12H17N3.C2H2O4/c1-9-6-13-7-12(14-9)11-8-15-4-2-10(11)3-5-15;3-1(4)2(5)6/h6-7,10-11H,2-5,8H2,1H3;(H,3,4)(H,5,6). The maximum Gasteiger partial charge on any atom is 0.414 e. The number of aryl methyl sites for hydroxylation is 1. The van der Waals surface area contributed by atoms with Gasteiger partial charge in [-0.25, -0.2) is 9.59 Å². The Morgan fingerprint density at radius 1 is 1.19 bits per heavy atom. The average molecular weight is 293 g/mol. The second-order valence-electron chi connectivity index (χ2n) is 5.44. The van der Waals surface area contributed by atoms with Gasteiger partial charge in [0.25, 0.3) is 0 Å². The van der Waals surface area contributed by atoms with Crippen LogP contribution in [-0.2, 0) is 9.59 Å². The van der Waals surface area contributed by atoms with Crippen LogP contribution in [0.1, 0.15) is 30.1 Å². The number of rotatable bonds is 1. The lowest BCUT2D eigenvalue weighted by atomic mass is 9.77. The van der Waals surface area contributed by atoms with E-state index in [4.69, 9.17) is 19.8 Å². The Morgan fingerprint density at radius 3 is 2.24 bits per heavy atom. The molecule has 1 unspecified atom stereocenters. The summed E-state index contributed by atoms with van der Waals surface area (Å²) in [5, 5.41) is 14.8. The Labute approximate surface area is 122 Å². The van der Waals surface area contributed by atoms with E-state index < -0.39 is 11.9 Å². The van der Waals surface area contributed by atoms with Gasteiger partial charge in [-0.1, -0.05) is 0 Å². The summed E-state index contributed by atoms with van der Waals surface area (Å²) in [5.74, 6) is -2.16. The first-order valence-electron chi connectivity index (χ1n) is 6.94. The molecule has 7 nitrogen and oxygen atoms in total. The summed E-state index contributed by atoms with van der Waals surface area (Å²) in [5.41, 5.74) is 2.26. The van der Waals surface area contributed by atoms with Gasteiger partial charge in [-0.2, -0.15) is 0 Å². The fourth-order valence-corrected chi connectivity index (χ4v) is 2.96. The second-order valence-corrected chi connectivity index (χ2v) is 5.44. The van der Waals surface area contributed by atoms with Gasteiger partial charge in [-0.15, -0.1) is 0 Å². The van der Waals surface area contributed by atoms with Crippen molar-refractivity contribution < 1.29 is 19.8 Å². The van der Waals surface area contributed by atoms with Gasteiger partial charge in [0.2, 0.25) is 0 Å². The van der Waals surface area contributed by atoms with Crippen molar-refractivity contribution in [2.75, 3.05) is 19.6 Å². The molecular weight excluding hydrogens is 274 g/mol. The van der Waals surface area contributed by atoms with E-state index in [1.807, 2.05) is 19.3 Å². The number of carboxylic acids is 2. The van der Waals surface area contributed by atoms with Gasteiger partial charge in [-0.3, -0.25) is 9.97 Å². The molecule has 0 amide bonds. The lowest BCUT2D eigenvalue weighted by molar-refractivity contribution is -0.159. The third-order valence-electron chi connectivity index (χ3n) is 3.99. The van der Waals surface area contributed by atoms with Crippen molar-refractivity contribution in [2.24, 2.45) is 5.92 Å². The topological polar surface area (TPSA) is 104 Å². The summed E-state index contributed by atoms with van der Waals surface area (Å²) in [7, 11) is 0. The molecule has 21 heavy (non-hydrogen) atoms. The number of fused-ring (bicyclic) bond motifs is 3. The van der Waals surface area contributed by atoms with Gasteiger partial charge < -0.3 is 15.1 Å². The zero-order valence-corrected chi connectivity index (χ0v) is 11.9. The third-order valence-corrected chi connectivity index (χ3v) is 3.99. The summed E-state index contributed by atoms with van der Waals surface area (Å²) >= 11 is 0. The molecule has 0 radical (unpaired) electrons. The minimum atomic E-state index is -1.82. The van der Waals surface area contributed by atoms with Crippen LogP contribution in [-0.4, -0.2) is 56.7 Å². The van der Waals surface area contributed by atoms with E-state index >= 15 is 0 Å². The van der Waals surface area contributed by atoms with E-state index in [0.717, 1.165) is 11.6 Å². The summed E-state index contributed by atoms with van der Waals surface area (Å²) in [6.07, 6.45) is 6.49. The van der Waals surface area contributed by atoms with Gasteiger partial charge in [0, 0.05) is 24.9 Å². The van der Waals surface area contributed by atoms with E-state index in [2.05, 4.69) is 14.9 Å². The van der Waals surface area contributed by atoms with Crippen LogP contribution in [0.5, 0.6) is 0 Å². The molecule has 0 saturated carbocycles. The molecule has 0 aliphatic carbocycles. The summed E-state index contributed by atoms with van der Waals surface area (Å²) < 4.78 is 0. The van der Waals surface area contributed by atoms with Crippen LogP contribution in [0, 0.1) is 12.8 Å². The highest BCUT2D eigenvalue weighted by Crippen LogP contribution is 2.37. The van der Waals surface area contributed by atoms with Crippen molar-refractivity contribution in [2.45, 2.75) is 25.7 Å². The monoisotopic (exact) mass is 293 g/mol.